The van der Waals surface area contributed by atoms with Gasteiger partial charge in [-0.25, -0.2) is 0 Å². The SMILES string of the molecule is CCC(C(=O)c1ccc(Br)cc1)c1ccccc1. The summed E-state index contributed by atoms with van der Waals surface area (Å²) >= 11 is 3.38. The Labute approximate surface area is 116 Å². The van der Waals surface area contributed by atoms with E-state index in [-0.39, 0.29) is 11.7 Å². The van der Waals surface area contributed by atoms with Gasteiger partial charge in [-0.05, 0) is 24.1 Å². The molecule has 1 nitrogen and oxygen atoms in total. The van der Waals surface area contributed by atoms with Crippen LogP contribution in [0.4, 0.5) is 0 Å². The number of ketones is 1. The molecule has 0 aliphatic heterocycles. The second-order valence-corrected chi connectivity index (χ2v) is 5.16. The van der Waals surface area contributed by atoms with Crippen molar-refractivity contribution in [3.05, 3.63) is 70.2 Å². The Morgan fingerprint density at radius 2 is 1.67 bits per heavy atom. The van der Waals surface area contributed by atoms with E-state index in [0.717, 1.165) is 22.0 Å². The van der Waals surface area contributed by atoms with E-state index < -0.39 is 0 Å². The van der Waals surface area contributed by atoms with Crippen LogP contribution in [0.1, 0.15) is 35.2 Å². The highest BCUT2D eigenvalue weighted by molar-refractivity contribution is 9.10. The van der Waals surface area contributed by atoms with Gasteiger partial charge >= 0.3 is 0 Å². The van der Waals surface area contributed by atoms with Gasteiger partial charge in [-0.15, -0.1) is 0 Å². The molecule has 0 amide bonds. The van der Waals surface area contributed by atoms with E-state index in [2.05, 4.69) is 22.9 Å². The summed E-state index contributed by atoms with van der Waals surface area (Å²) in [5.41, 5.74) is 1.86. The summed E-state index contributed by atoms with van der Waals surface area (Å²) in [6, 6.07) is 17.5. The standard InChI is InChI=1S/C16H15BrO/c1-2-15(12-6-4-3-5-7-12)16(18)13-8-10-14(17)11-9-13/h3-11,15H,2H2,1H3. The van der Waals surface area contributed by atoms with Crippen molar-refractivity contribution < 1.29 is 4.79 Å². The number of hydrogen-bond donors (Lipinski definition) is 0. The second kappa shape index (κ2) is 5.96. The summed E-state index contributed by atoms with van der Waals surface area (Å²) in [7, 11) is 0. The molecule has 0 saturated carbocycles. The molecular weight excluding hydrogens is 288 g/mol. The number of Topliss-reactive ketones (excluding diaryl/α,β-unsaturated/α-hetero) is 1. The minimum absolute atomic E-state index is 0.0487. The molecule has 0 N–H and O–H groups in total. The molecule has 1 atom stereocenters. The Morgan fingerprint density at radius 1 is 1.06 bits per heavy atom. The highest BCUT2D eigenvalue weighted by atomic mass is 79.9. The van der Waals surface area contributed by atoms with Gasteiger partial charge < -0.3 is 0 Å². The van der Waals surface area contributed by atoms with Crippen LogP contribution in [-0.4, -0.2) is 5.78 Å². The predicted molar refractivity (Wildman–Crippen MR) is 77.9 cm³/mol. The molecule has 0 aromatic heterocycles. The zero-order valence-electron chi connectivity index (χ0n) is 10.3. The van der Waals surface area contributed by atoms with Crippen molar-refractivity contribution in [1.29, 1.82) is 0 Å². The maximum atomic E-state index is 12.5. The fourth-order valence-corrected chi connectivity index (χ4v) is 2.34. The first-order chi connectivity index (χ1) is 8.72. The maximum absolute atomic E-state index is 12.5. The van der Waals surface area contributed by atoms with Crippen molar-refractivity contribution in [2.75, 3.05) is 0 Å². The zero-order valence-corrected chi connectivity index (χ0v) is 11.9. The van der Waals surface area contributed by atoms with E-state index in [0.29, 0.717) is 0 Å². The van der Waals surface area contributed by atoms with Crippen LogP contribution in [-0.2, 0) is 0 Å². The van der Waals surface area contributed by atoms with E-state index in [1.54, 1.807) is 0 Å². The molecule has 0 spiro atoms. The first kappa shape index (κ1) is 13.0. The second-order valence-electron chi connectivity index (χ2n) is 4.24. The third-order valence-corrected chi connectivity index (χ3v) is 3.58. The first-order valence-corrected chi connectivity index (χ1v) is 6.86. The topological polar surface area (TPSA) is 17.1 Å². The summed E-state index contributed by atoms with van der Waals surface area (Å²) in [5.74, 6) is 0.142. The first-order valence-electron chi connectivity index (χ1n) is 6.07. The van der Waals surface area contributed by atoms with Crippen LogP contribution in [0.2, 0.25) is 0 Å². The molecule has 0 heterocycles. The molecule has 2 heteroatoms. The van der Waals surface area contributed by atoms with Gasteiger partial charge in [0.15, 0.2) is 5.78 Å². The fraction of sp³-hybridized carbons (Fsp3) is 0.188. The zero-order chi connectivity index (χ0) is 13.0. The van der Waals surface area contributed by atoms with Crippen molar-refractivity contribution in [3.8, 4) is 0 Å². The molecular formula is C16H15BrO. The number of rotatable bonds is 4. The predicted octanol–water partition coefficient (Wildman–Crippen LogP) is 4.83. The number of halogens is 1. The van der Waals surface area contributed by atoms with Gasteiger partial charge in [0, 0.05) is 16.0 Å². The average molecular weight is 303 g/mol. The monoisotopic (exact) mass is 302 g/mol. The maximum Gasteiger partial charge on any atom is 0.170 e. The minimum Gasteiger partial charge on any atom is -0.293 e. The Balaban J connectivity index is 2.28. The minimum atomic E-state index is -0.0487. The van der Waals surface area contributed by atoms with Crippen molar-refractivity contribution in [2.24, 2.45) is 0 Å². The smallest absolute Gasteiger partial charge is 0.170 e. The summed E-state index contributed by atoms with van der Waals surface area (Å²) in [6.07, 6.45) is 0.818. The third-order valence-electron chi connectivity index (χ3n) is 3.06. The molecule has 0 aliphatic rings. The van der Waals surface area contributed by atoms with Crippen molar-refractivity contribution >= 4 is 21.7 Å². The lowest BCUT2D eigenvalue weighted by Crippen LogP contribution is -2.12. The Kier molecular flexibility index (Phi) is 4.32. The van der Waals surface area contributed by atoms with E-state index in [4.69, 9.17) is 0 Å². The number of carbonyl (C=O) groups is 1. The molecule has 1 unspecified atom stereocenters. The van der Waals surface area contributed by atoms with E-state index in [9.17, 15) is 4.79 Å². The molecule has 92 valence electrons. The van der Waals surface area contributed by atoms with Crippen molar-refractivity contribution in [1.82, 2.24) is 0 Å². The number of benzene rings is 2. The van der Waals surface area contributed by atoms with Crippen molar-refractivity contribution in [2.45, 2.75) is 19.3 Å². The Bertz CT molecular complexity index is 517. The van der Waals surface area contributed by atoms with Crippen LogP contribution >= 0.6 is 15.9 Å². The van der Waals surface area contributed by atoms with Crippen LogP contribution in [0.5, 0.6) is 0 Å². The van der Waals surface area contributed by atoms with E-state index >= 15 is 0 Å². The largest absolute Gasteiger partial charge is 0.293 e. The normalized spacial score (nSPS) is 12.1. The lowest BCUT2D eigenvalue weighted by Gasteiger charge is -2.14. The summed E-state index contributed by atoms with van der Waals surface area (Å²) in [4.78, 5) is 12.5. The lowest BCUT2D eigenvalue weighted by molar-refractivity contribution is 0.0957. The summed E-state index contributed by atoms with van der Waals surface area (Å²) in [6.45, 7) is 2.05. The van der Waals surface area contributed by atoms with Crippen LogP contribution in [0.3, 0.4) is 0 Å². The fourth-order valence-electron chi connectivity index (χ4n) is 2.07. The van der Waals surface area contributed by atoms with Gasteiger partial charge in [-0.2, -0.15) is 0 Å². The lowest BCUT2D eigenvalue weighted by atomic mass is 9.89. The molecule has 0 aliphatic carbocycles. The number of carbonyl (C=O) groups excluding carboxylic acids is 1. The molecule has 0 saturated heterocycles. The Morgan fingerprint density at radius 3 is 2.22 bits per heavy atom. The average Bonchev–Trinajstić information content (AvgIpc) is 2.41. The van der Waals surface area contributed by atoms with Crippen LogP contribution in [0.25, 0.3) is 0 Å². The third kappa shape index (κ3) is 2.88. The van der Waals surface area contributed by atoms with E-state index in [1.165, 1.54) is 0 Å². The van der Waals surface area contributed by atoms with Crippen molar-refractivity contribution in [3.63, 3.8) is 0 Å². The van der Waals surface area contributed by atoms with Gasteiger partial charge in [-0.3, -0.25) is 4.79 Å². The number of hydrogen-bond acceptors (Lipinski definition) is 1. The molecule has 2 aromatic rings. The van der Waals surface area contributed by atoms with Gasteiger partial charge in [0.05, 0.1) is 0 Å². The molecule has 0 fully saturated rings. The molecule has 0 bridgehead atoms. The summed E-state index contributed by atoms with van der Waals surface area (Å²) < 4.78 is 0.992. The van der Waals surface area contributed by atoms with Crippen LogP contribution < -0.4 is 0 Å². The van der Waals surface area contributed by atoms with Gasteiger partial charge in [-0.1, -0.05) is 65.3 Å². The molecule has 0 radical (unpaired) electrons. The van der Waals surface area contributed by atoms with Gasteiger partial charge in [0.25, 0.3) is 0 Å². The van der Waals surface area contributed by atoms with Crippen LogP contribution in [0, 0.1) is 0 Å². The highest BCUT2D eigenvalue weighted by Crippen LogP contribution is 2.24. The van der Waals surface area contributed by atoms with Gasteiger partial charge in [0.1, 0.15) is 0 Å². The quantitative estimate of drug-likeness (QED) is 0.740. The molecule has 2 aromatic carbocycles. The molecule has 18 heavy (non-hydrogen) atoms. The van der Waals surface area contributed by atoms with E-state index in [1.807, 2.05) is 54.6 Å². The highest BCUT2D eigenvalue weighted by Gasteiger charge is 2.19. The molecule has 2 rings (SSSR count). The van der Waals surface area contributed by atoms with Gasteiger partial charge in [0.2, 0.25) is 0 Å². The Hall–Kier alpha value is -1.41. The van der Waals surface area contributed by atoms with Crippen LogP contribution in [0.15, 0.2) is 59.1 Å². The summed E-state index contributed by atoms with van der Waals surface area (Å²) in [5, 5.41) is 0.